The van der Waals surface area contributed by atoms with Crippen LogP contribution in [0, 0.1) is 5.92 Å². The van der Waals surface area contributed by atoms with Crippen LogP contribution in [0.25, 0.3) is 0 Å². The molecule has 0 aromatic carbocycles. The number of aliphatic hydroxyl groups excluding tert-OH is 1. The number of aromatic nitrogens is 2. The lowest BCUT2D eigenvalue weighted by molar-refractivity contribution is 0.275. The van der Waals surface area contributed by atoms with Gasteiger partial charge < -0.3 is 10.0 Å². The van der Waals surface area contributed by atoms with Crippen LogP contribution >= 0.6 is 0 Å². The van der Waals surface area contributed by atoms with Gasteiger partial charge in [-0.15, -0.1) is 0 Å². The monoisotopic (exact) mass is 289 g/mol. The molecule has 1 aliphatic heterocycles. The van der Waals surface area contributed by atoms with E-state index in [1.165, 1.54) is 38.5 Å². The van der Waals surface area contributed by atoms with Gasteiger partial charge in [0.2, 0.25) is 0 Å². The highest BCUT2D eigenvalue weighted by Crippen LogP contribution is 2.38. The van der Waals surface area contributed by atoms with Gasteiger partial charge in [0.15, 0.2) is 0 Å². The first-order chi connectivity index (χ1) is 10.2. The standard InChI is InChI=1S/C17H27N3O/c1-12(2)17-18-10-16(14(11-21)19-17)20-9-5-8-15(20)13-6-3-4-7-13/h10,12-13,15,21H,3-9,11H2,1-2H3. The van der Waals surface area contributed by atoms with Crippen molar-refractivity contribution in [1.29, 1.82) is 0 Å². The molecular weight excluding hydrogens is 262 g/mol. The zero-order chi connectivity index (χ0) is 14.8. The summed E-state index contributed by atoms with van der Waals surface area (Å²) in [5.41, 5.74) is 1.87. The Hall–Kier alpha value is -1.16. The van der Waals surface area contributed by atoms with E-state index >= 15 is 0 Å². The van der Waals surface area contributed by atoms with Gasteiger partial charge in [-0.25, -0.2) is 9.97 Å². The maximum absolute atomic E-state index is 9.72. The summed E-state index contributed by atoms with van der Waals surface area (Å²) in [5.74, 6) is 1.96. The van der Waals surface area contributed by atoms with Crippen molar-refractivity contribution in [1.82, 2.24) is 9.97 Å². The number of hydrogen-bond donors (Lipinski definition) is 1. The second-order valence-corrected chi connectivity index (χ2v) is 6.82. The minimum Gasteiger partial charge on any atom is -0.390 e. The van der Waals surface area contributed by atoms with E-state index in [4.69, 9.17) is 0 Å². The van der Waals surface area contributed by atoms with Gasteiger partial charge in [0.05, 0.1) is 24.2 Å². The lowest BCUT2D eigenvalue weighted by Crippen LogP contribution is -2.35. The van der Waals surface area contributed by atoms with E-state index in [0.717, 1.165) is 29.7 Å². The Morgan fingerprint density at radius 3 is 2.67 bits per heavy atom. The van der Waals surface area contributed by atoms with Crippen molar-refractivity contribution in [2.75, 3.05) is 11.4 Å². The summed E-state index contributed by atoms with van der Waals surface area (Å²) in [6.07, 6.45) is 9.96. The van der Waals surface area contributed by atoms with E-state index in [1.807, 2.05) is 6.20 Å². The van der Waals surface area contributed by atoms with Crippen molar-refractivity contribution in [2.24, 2.45) is 5.92 Å². The lowest BCUT2D eigenvalue weighted by Gasteiger charge is -2.32. The van der Waals surface area contributed by atoms with E-state index in [9.17, 15) is 5.11 Å². The van der Waals surface area contributed by atoms with Crippen molar-refractivity contribution in [3.8, 4) is 0 Å². The Morgan fingerprint density at radius 1 is 1.24 bits per heavy atom. The molecule has 1 aromatic rings. The first kappa shape index (κ1) is 14.8. The van der Waals surface area contributed by atoms with Crippen molar-refractivity contribution >= 4 is 5.69 Å². The maximum Gasteiger partial charge on any atom is 0.131 e. The Labute approximate surface area is 127 Å². The second-order valence-electron chi connectivity index (χ2n) is 6.82. The fourth-order valence-electron chi connectivity index (χ4n) is 3.98. The average molecular weight is 289 g/mol. The molecule has 2 aliphatic rings. The molecule has 0 amide bonds. The summed E-state index contributed by atoms with van der Waals surface area (Å²) in [4.78, 5) is 11.6. The molecule has 1 saturated carbocycles. The molecule has 1 unspecified atom stereocenters. The molecule has 0 radical (unpaired) electrons. The smallest absolute Gasteiger partial charge is 0.131 e. The minimum atomic E-state index is 0.00542. The first-order valence-corrected chi connectivity index (χ1v) is 8.44. The van der Waals surface area contributed by atoms with Gasteiger partial charge in [0.1, 0.15) is 5.82 Å². The molecule has 116 valence electrons. The van der Waals surface area contributed by atoms with Crippen molar-refractivity contribution in [3.05, 3.63) is 17.7 Å². The van der Waals surface area contributed by atoms with Gasteiger partial charge in [-0.1, -0.05) is 26.7 Å². The largest absolute Gasteiger partial charge is 0.390 e. The Balaban J connectivity index is 1.87. The predicted octanol–water partition coefficient (Wildman–Crippen LogP) is 3.25. The van der Waals surface area contributed by atoms with Crippen molar-refractivity contribution < 1.29 is 5.11 Å². The molecule has 2 fully saturated rings. The number of nitrogens with zero attached hydrogens (tertiary/aromatic N) is 3. The third-order valence-corrected chi connectivity index (χ3v) is 5.08. The van der Waals surface area contributed by atoms with Gasteiger partial charge >= 0.3 is 0 Å². The van der Waals surface area contributed by atoms with E-state index < -0.39 is 0 Å². The molecule has 3 rings (SSSR count). The van der Waals surface area contributed by atoms with Crippen molar-refractivity contribution in [3.63, 3.8) is 0 Å². The van der Waals surface area contributed by atoms with Crippen molar-refractivity contribution in [2.45, 2.75) is 70.9 Å². The number of anilines is 1. The van der Waals surface area contributed by atoms with E-state index in [0.29, 0.717) is 12.0 Å². The molecule has 21 heavy (non-hydrogen) atoms. The fourth-order valence-corrected chi connectivity index (χ4v) is 3.98. The molecule has 4 heteroatoms. The number of hydrogen-bond acceptors (Lipinski definition) is 4. The third kappa shape index (κ3) is 2.91. The van der Waals surface area contributed by atoms with E-state index in [-0.39, 0.29) is 6.61 Å². The van der Waals surface area contributed by atoms with Crippen LogP contribution in [0.5, 0.6) is 0 Å². The molecule has 1 saturated heterocycles. The highest BCUT2D eigenvalue weighted by atomic mass is 16.3. The summed E-state index contributed by atoms with van der Waals surface area (Å²) < 4.78 is 0. The summed E-state index contributed by atoms with van der Waals surface area (Å²) in [6.45, 7) is 5.27. The van der Waals surface area contributed by atoms with Gasteiger partial charge in [-0.2, -0.15) is 0 Å². The summed E-state index contributed by atoms with van der Waals surface area (Å²) in [7, 11) is 0. The quantitative estimate of drug-likeness (QED) is 0.924. The molecule has 2 heterocycles. The van der Waals surface area contributed by atoms with Gasteiger partial charge in [0, 0.05) is 18.5 Å². The minimum absolute atomic E-state index is 0.00542. The summed E-state index contributed by atoms with van der Waals surface area (Å²) in [6, 6.07) is 0.631. The second kappa shape index (κ2) is 6.30. The predicted molar refractivity (Wildman–Crippen MR) is 84.4 cm³/mol. The Kier molecular flexibility index (Phi) is 4.43. The number of rotatable bonds is 4. The van der Waals surface area contributed by atoms with Crippen LogP contribution in [-0.2, 0) is 6.61 Å². The molecule has 1 N–H and O–H groups in total. The van der Waals surface area contributed by atoms with Gasteiger partial charge in [-0.05, 0) is 31.6 Å². The van der Waals surface area contributed by atoms with Crippen LogP contribution in [0.2, 0.25) is 0 Å². The van der Waals surface area contributed by atoms with Crippen LogP contribution in [0.4, 0.5) is 5.69 Å². The number of aliphatic hydroxyl groups is 1. The topological polar surface area (TPSA) is 49.2 Å². The third-order valence-electron chi connectivity index (χ3n) is 5.08. The summed E-state index contributed by atoms with van der Waals surface area (Å²) in [5, 5.41) is 9.72. The van der Waals surface area contributed by atoms with Gasteiger partial charge in [-0.3, -0.25) is 0 Å². The maximum atomic E-state index is 9.72. The zero-order valence-electron chi connectivity index (χ0n) is 13.3. The molecule has 0 bridgehead atoms. The Morgan fingerprint density at radius 2 is 2.00 bits per heavy atom. The molecule has 1 atom stereocenters. The van der Waals surface area contributed by atoms with Crippen LogP contribution in [0.3, 0.4) is 0 Å². The molecular formula is C17H27N3O. The zero-order valence-corrected chi connectivity index (χ0v) is 13.3. The highest BCUT2D eigenvalue weighted by molar-refractivity contribution is 5.51. The lowest BCUT2D eigenvalue weighted by atomic mass is 9.95. The summed E-state index contributed by atoms with van der Waals surface area (Å²) >= 11 is 0. The molecule has 1 aliphatic carbocycles. The van der Waals surface area contributed by atoms with Crippen LogP contribution in [-0.4, -0.2) is 27.7 Å². The first-order valence-electron chi connectivity index (χ1n) is 8.44. The molecule has 4 nitrogen and oxygen atoms in total. The molecule has 1 aromatic heterocycles. The normalized spacial score (nSPS) is 23.4. The average Bonchev–Trinajstić information content (AvgIpc) is 3.16. The fraction of sp³-hybridized carbons (Fsp3) is 0.765. The van der Waals surface area contributed by atoms with E-state index in [2.05, 4.69) is 28.7 Å². The SMILES string of the molecule is CC(C)c1ncc(N2CCCC2C2CCCC2)c(CO)n1. The van der Waals surface area contributed by atoms with E-state index in [1.54, 1.807) is 0 Å². The van der Waals surface area contributed by atoms with Crippen LogP contribution in [0.1, 0.15) is 69.8 Å². The Bertz CT molecular complexity index is 483. The van der Waals surface area contributed by atoms with Gasteiger partial charge in [0.25, 0.3) is 0 Å². The molecule has 0 spiro atoms. The van der Waals surface area contributed by atoms with Crippen LogP contribution < -0.4 is 4.90 Å². The highest BCUT2D eigenvalue weighted by Gasteiger charge is 2.34. The van der Waals surface area contributed by atoms with Crippen LogP contribution in [0.15, 0.2) is 6.20 Å².